The van der Waals surface area contributed by atoms with Gasteiger partial charge in [0.05, 0.1) is 10.8 Å². The number of hydrogen-bond acceptors (Lipinski definition) is 4. The van der Waals surface area contributed by atoms with E-state index in [9.17, 15) is 9.59 Å². The average molecular weight is 948 g/mol. The molecule has 0 radical (unpaired) electrons. The molecule has 2 aliphatic carbocycles. The molecule has 4 nitrogen and oxygen atoms in total. The van der Waals surface area contributed by atoms with Crippen LogP contribution in [-0.4, -0.2) is 29.2 Å². The number of carbonyl (C=O) groups excluding carboxylic acids is 2. The van der Waals surface area contributed by atoms with E-state index in [1.165, 1.54) is 148 Å². The van der Waals surface area contributed by atoms with Crippen LogP contribution >= 0.6 is 0 Å². The number of hydrogen-bond donors (Lipinski definition) is 0. The van der Waals surface area contributed by atoms with Crippen molar-refractivity contribution in [1.82, 2.24) is 0 Å². The predicted molar refractivity (Wildman–Crippen MR) is 292 cm³/mol. The molecule has 0 amide bonds. The summed E-state index contributed by atoms with van der Waals surface area (Å²) in [4.78, 5) is 26.3. The minimum absolute atomic E-state index is 0.594. The van der Waals surface area contributed by atoms with Crippen LogP contribution in [0.4, 0.5) is 0 Å². The van der Waals surface area contributed by atoms with E-state index < -0.39 is 27.5 Å². The molecule has 362 valence electrons. The van der Waals surface area contributed by atoms with Crippen molar-refractivity contribution in [3.63, 3.8) is 0 Å². The van der Waals surface area contributed by atoms with Gasteiger partial charge >= 0.3 is 0 Å². The molecule has 0 bridgehead atoms. The van der Waals surface area contributed by atoms with Gasteiger partial charge in [-0.1, -0.05) is 204 Å². The molecule has 0 N–H and O–H groups in total. The lowest BCUT2D eigenvalue weighted by Gasteiger charge is -2.32. The average Bonchev–Trinajstić information content (AvgIpc) is 3.95. The number of fused-ring (bicyclic) bond motifs is 2. The predicted octanol–water partition coefficient (Wildman–Crippen LogP) is 16.9. The van der Waals surface area contributed by atoms with Crippen molar-refractivity contribution in [3.8, 4) is 33.8 Å². The summed E-state index contributed by atoms with van der Waals surface area (Å²) in [5, 5.41) is 0. The van der Waals surface area contributed by atoms with Gasteiger partial charge in [-0.05, 0) is 142 Å². The summed E-state index contributed by atoms with van der Waals surface area (Å²) in [6.45, 7) is 13.8. The van der Waals surface area contributed by atoms with Crippen LogP contribution in [0.2, 0.25) is 36.3 Å². The lowest BCUT2D eigenvalue weighted by atomic mass is 9.78. The zero-order valence-electron chi connectivity index (χ0n) is 42.7. The third kappa shape index (κ3) is 11.9. The molecule has 5 aromatic rings. The Balaban J connectivity index is 1.01. The Morgan fingerprint density at radius 2 is 0.618 bits per heavy atom. The van der Waals surface area contributed by atoms with Crippen LogP contribution in [0.25, 0.3) is 22.3 Å². The van der Waals surface area contributed by atoms with Gasteiger partial charge in [0, 0.05) is 0 Å². The Labute approximate surface area is 413 Å². The highest BCUT2D eigenvalue weighted by atomic mass is 28.4. The van der Waals surface area contributed by atoms with Crippen molar-refractivity contribution in [3.05, 3.63) is 143 Å². The first-order valence-electron chi connectivity index (χ1n) is 27.0. The second-order valence-electron chi connectivity index (χ2n) is 21.0. The second-order valence-corrected chi connectivity index (χ2v) is 29.2. The summed E-state index contributed by atoms with van der Waals surface area (Å²) < 4.78 is 14.1. The normalized spacial score (nSPS) is 14.9. The molecule has 0 aromatic heterocycles. The van der Waals surface area contributed by atoms with Gasteiger partial charge in [-0.15, -0.1) is 0 Å². The summed E-state index contributed by atoms with van der Waals surface area (Å²) in [6.07, 6.45) is 19.9. The third-order valence-electron chi connectivity index (χ3n) is 15.9. The first-order chi connectivity index (χ1) is 33.1. The van der Waals surface area contributed by atoms with Gasteiger partial charge in [-0.2, -0.15) is 0 Å². The van der Waals surface area contributed by atoms with Gasteiger partial charge in [-0.25, -0.2) is 0 Å². The van der Waals surface area contributed by atoms with Crippen LogP contribution in [0.5, 0.6) is 11.5 Å². The number of aldehydes is 2. The molecule has 0 unspecified atom stereocenters. The van der Waals surface area contributed by atoms with Crippen molar-refractivity contribution >= 4 is 29.2 Å². The standard InChI is InChI=1S/C62H82O4Si2/c1-7-13-35-67(36-14-8-2,37-15-9-3)65-59-31-23-51(24-32-59)49-19-27-57(28-20-49)61(47-63)43-53-41-55-45-62(48-64,46-56(55)42-54(53)44-61)58-29-21-50(22-30-58)52-25-33-60(34-26-52)66-68(38-16-10-4,39-17-11-5)40-18-12-6/h19-34,41-42,47-48H,7-18,35-40,43-46H2,1-6H3. The van der Waals surface area contributed by atoms with Gasteiger partial charge in [0.1, 0.15) is 24.1 Å². The molecule has 68 heavy (non-hydrogen) atoms. The molecule has 6 heteroatoms. The molecule has 0 heterocycles. The third-order valence-corrected chi connectivity index (χ3v) is 24.8. The molecular weight excluding hydrogens is 865 g/mol. The van der Waals surface area contributed by atoms with E-state index in [2.05, 4.69) is 151 Å². The minimum atomic E-state index is -1.87. The van der Waals surface area contributed by atoms with Crippen molar-refractivity contribution in [2.24, 2.45) is 0 Å². The zero-order chi connectivity index (χ0) is 48.0. The fraction of sp³-hybridized carbons (Fsp3) is 0.484. The smallest absolute Gasteiger partial charge is 0.251 e. The Morgan fingerprint density at radius 3 is 0.838 bits per heavy atom. The van der Waals surface area contributed by atoms with Crippen LogP contribution in [0.3, 0.4) is 0 Å². The highest BCUT2D eigenvalue weighted by Gasteiger charge is 2.44. The van der Waals surface area contributed by atoms with Crippen LogP contribution in [-0.2, 0) is 46.1 Å². The first-order valence-corrected chi connectivity index (χ1v) is 32.1. The Bertz CT molecular complexity index is 2120. The van der Waals surface area contributed by atoms with Gasteiger partial charge in [0.2, 0.25) is 0 Å². The lowest BCUT2D eigenvalue weighted by molar-refractivity contribution is -0.113. The van der Waals surface area contributed by atoms with Crippen molar-refractivity contribution < 1.29 is 18.4 Å². The van der Waals surface area contributed by atoms with Gasteiger partial charge in [0.15, 0.2) is 0 Å². The number of carbonyl (C=O) groups is 2. The monoisotopic (exact) mass is 947 g/mol. The Kier molecular flexibility index (Phi) is 18.0. The van der Waals surface area contributed by atoms with E-state index in [0.717, 1.165) is 44.9 Å². The topological polar surface area (TPSA) is 52.6 Å². The summed E-state index contributed by atoms with van der Waals surface area (Å²) >= 11 is 0. The quantitative estimate of drug-likeness (QED) is 0.0370. The molecule has 0 spiro atoms. The van der Waals surface area contributed by atoms with E-state index in [-0.39, 0.29) is 0 Å². The molecule has 0 saturated carbocycles. The summed E-state index contributed by atoms with van der Waals surface area (Å²) in [6, 6.07) is 47.0. The van der Waals surface area contributed by atoms with E-state index in [1.807, 2.05) is 0 Å². The number of benzene rings is 5. The molecular formula is C62H82O4Si2. The molecule has 0 fully saturated rings. The summed E-state index contributed by atoms with van der Waals surface area (Å²) in [5.41, 5.74) is 10.5. The highest BCUT2D eigenvalue weighted by molar-refractivity contribution is 6.75. The van der Waals surface area contributed by atoms with Gasteiger partial charge in [-0.3, -0.25) is 0 Å². The molecule has 0 saturated heterocycles. The fourth-order valence-electron chi connectivity index (χ4n) is 11.6. The van der Waals surface area contributed by atoms with E-state index in [0.29, 0.717) is 25.7 Å². The highest BCUT2D eigenvalue weighted by Crippen LogP contribution is 2.46. The van der Waals surface area contributed by atoms with E-state index in [1.54, 1.807) is 0 Å². The first kappa shape index (κ1) is 51.3. The van der Waals surface area contributed by atoms with Gasteiger partial charge < -0.3 is 18.4 Å². The summed E-state index contributed by atoms with van der Waals surface area (Å²) in [5.74, 6) is 2.04. The molecule has 5 aromatic carbocycles. The second kappa shape index (κ2) is 23.9. The maximum absolute atomic E-state index is 13.1. The number of unbranched alkanes of at least 4 members (excludes halogenated alkanes) is 6. The molecule has 7 rings (SSSR count). The maximum Gasteiger partial charge on any atom is 0.251 e. The molecule has 0 atom stereocenters. The van der Waals surface area contributed by atoms with E-state index >= 15 is 0 Å². The molecule has 2 aliphatic rings. The largest absolute Gasteiger partial charge is 0.543 e. The fourth-order valence-corrected chi connectivity index (χ4v) is 21.0. The maximum atomic E-state index is 13.1. The van der Waals surface area contributed by atoms with Crippen LogP contribution < -0.4 is 8.85 Å². The minimum Gasteiger partial charge on any atom is -0.543 e. The number of rotatable bonds is 28. The van der Waals surface area contributed by atoms with Crippen LogP contribution in [0.1, 0.15) is 152 Å². The van der Waals surface area contributed by atoms with Crippen LogP contribution in [0, 0.1) is 0 Å². The Hall–Kier alpha value is -4.53. The Morgan fingerprint density at radius 1 is 0.382 bits per heavy atom. The van der Waals surface area contributed by atoms with E-state index in [4.69, 9.17) is 8.85 Å². The zero-order valence-corrected chi connectivity index (χ0v) is 44.7. The van der Waals surface area contributed by atoms with Crippen molar-refractivity contribution in [1.29, 1.82) is 0 Å². The van der Waals surface area contributed by atoms with Crippen LogP contribution in [0.15, 0.2) is 109 Å². The molecule has 0 aliphatic heterocycles. The SMILES string of the molecule is CCCC[Si](CCCC)(CCCC)Oc1ccc(-c2ccc(C3(C=O)Cc4cc5c(cc4C3)CC(C=O)(c3ccc(-c4ccc(O[Si](CCCC)(CCCC)CCCC)cc4)cc3)C5)cc2)cc1. The van der Waals surface area contributed by atoms with Crippen molar-refractivity contribution in [2.75, 3.05) is 0 Å². The van der Waals surface area contributed by atoms with Crippen molar-refractivity contribution in [2.45, 2.75) is 191 Å². The summed E-state index contributed by atoms with van der Waals surface area (Å²) in [7, 11) is -3.73. The lowest BCUT2D eigenvalue weighted by Crippen LogP contribution is -2.41. The van der Waals surface area contributed by atoms with Gasteiger partial charge in [0.25, 0.3) is 16.6 Å².